The van der Waals surface area contributed by atoms with Crippen molar-refractivity contribution in [3.63, 3.8) is 0 Å². The summed E-state index contributed by atoms with van der Waals surface area (Å²) in [6, 6.07) is 18.8. The minimum Gasteiger partial charge on any atom is -0.326 e. The zero-order valence-corrected chi connectivity index (χ0v) is 13.8. The van der Waals surface area contributed by atoms with Gasteiger partial charge in [0, 0.05) is 11.4 Å². The molecule has 2 aromatic rings. The summed E-state index contributed by atoms with van der Waals surface area (Å²) in [5.41, 5.74) is 1.53. The molecule has 4 nitrogen and oxygen atoms in total. The van der Waals surface area contributed by atoms with Crippen molar-refractivity contribution in [3.8, 4) is 0 Å². The number of carbonyl (C=O) groups excluding carboxylic acids is 2. The number of benzene rings is 2. The summed E-state index contributed by atoms with van der Waals surface area (Å²) in [5.74, 6) is -0.508. The van der Waals surface area contributed by atoms with Crippen molar-refractivity contribution in [2.24, 2.45) is 23.7 Å². The molecule has 0 saturated heterocycles. The topological polar surface area (TPSA) is 58.2 Å². The van der Waals surface area contributed by atoms with E-state index >= 15 is 0 Å². The molecule has 4 heteroatoms. The number of rotatable bonds is 4. The maximum absolute atomic E-state index is 12.8. The fraction of sp³-hybridized carbons (Fsp3) is 0.238. The van der Waals surface area contributed by atoms with Gasteiger partial charge in [-0.15, -0.1) is 0 Å². The van der Waals surface area contributed by atoms with Crippen LogP contribution in [0.4, 0.5) is 11.4 Å². The Hall–Kier alpha value is -2.88. The Kier molecular flexibility index (Phi) is 4.10. The van der Waals surface area contributed by atoms with Gasteiger partial charge in [-0.25, -0.2) is 0 Å². The van der Waals surface area contributed by atoms with Crippen LogP contribution in [-0.2, 0) is 9.59 Å². The van der Waals surface area contributed by atoms with Crippen LogP contribution in [0.3, 0.4) is 0 Å². The van der Waals surface area contributed by atoms with Gasteiger partial charge in [-0.05, 0) is 42.5 Å². The summed E-state index contributed by atoms with van der Waals surface area (Å²) in [4.78, 5) is 25.7. The molecule has 0 spiro atoms. The highest BCUT2D eigenvalue weighted by Gasteiger charge is 2.51. The molecule has 25 heavy (non-hydrogen) atoms. The minimum atomic E-state index is -0.320. The van der Waals surface area contributed by atoms with Crippen LogP contribution in [0, 0.1) is 23.7 Å². The number of hydrogen-bond acceptors (Lipinski definition) is 2. The number of hydrogen-bond donors (Lipinski definition) is 2. The largest absolute Gasteiger partial charge is 0.326 e. The Labute approximate surface area is 146 Å². The molecular formula is C21H20N2O2. The van der Waals surface area contributed by atoms with Crippen molar-refractivity contribution in [1.29, 1.82) is 0 Å². The number of anilines is 2. The molecule has 0 heterocycles. The fourth-order valence-corrected chi connectivity index (χ4v) is 4.03. The van der Waals surface area contributed by atoms with E-state index in [0.717, 1.165) is 17.8 Å². The van der Waals surface area contributed by atoms with Crippen LogP contribution >= 0.6 is 0 Å². The lowest BCUT2D eigenvalue weighted by Gasteiger charge is -2.26. The summed E-state index contributed by atoms with van der Waals surface area (Å²) in [6.07, 6.45) is 5.05. The van der Waals surface area contributed by atoms with E-state index in [4.69, 9.17) is 0 Å². The zero-order chi connectivity index (χ0) is 17.2. The van der Waals surface area contributed by atoms with Gasteiger partial charge in [0.05, 0.1) is 11.8 Å². The molecule has 4 rings (SSSR count). The highest BCUT2D eigenvalue weighted by Crippen LogP contribution is 2.48. The second-order valence-electron chi connectivity index (χ2n) is 6.71. The van der Waals surface area contributed by atoms with Crippen LogP contribution in [-0.4, -0.2) is 11.8 Å². The number of amides is 2. The van der Waals surface area contributed by atoms with Gasteiger partial charge in [-0.1, -0.05) is 48.6 Å². The second-order valence-corrected chi connectivity index (χ2v) is 6.71. The fourth-order valence-electron chi connectivity index (χ4n) is 4.03. The van der Waals surface area contributed by atoms with Crippen molar-refractivity contribution in [3.05, 3.63) is 72.8 Å². The first-order valence-corrected chi connectivity index (χ1v) is 8.62. The highest BCUT2D eigenvalue weighted by molar-refractivity contribution is 6.01. The minimum absolute atomic E-state index is 0.0729. The van der Waals surface area contributed by atoms with Crippen LogP contribution in [0.5, 0.6) is 0 Å². The Morgan fingerprint density at radius 2 is 1.08 bits per heavy atom. The third-order valence-corrected chi connectivity index (χ3v) is 5.15. The molecule has 0 aliphatic heterocycles. The van der Waals surface area contributed by atoms with E-state index in [1.54, 1.807) is 0 Å². The lowest BCUT2D eigenvalue weighted by Crippen LogP contribution is -2.39. The predicted octanol–water partition coefficient (Wildman–Crippen LogP) is 3.70. The van der Waals surface area contributed by atoms with Crippen molar-refractivity contribution >= 4 is 23.2 Å². The lowest BCUT2D eigenvalue weighted by atomic mass is 9.81. The normalized spacial score (nSPS) is 26.4. The van der Waals surface area contributed by atoms with Gasteiger partial charge in [-0.2, -0.15) is 0 Å². The molecule has 2 aromatic carbocycles. The molecule has 2 aliphatic carbocycles. The SMILES string of the molecule is O=C(Nc1ccccc1)[C@H]1[C@H](C(=O)Nc2ccccc2)[C@H]2C=C[C@H]1C2. The summed E-state index contributed by atoms with van der Waals surface area (Å²) in [6.45, 7) is 0. The van der Waals surface area contributed by atoms with E-state index in [1.165, 1.54) is 0 Å². The zero-order valence-electron chi connectivity index (χ0n) is 13.8. The molecule has 1 fully saturated rings. The maximum atomic E-state index is 12.8. The summed E-state index contributed by atoms with van der Waals surface area (Å²) in [7, 11) is 0. The maximum Gasteiger partial charge on any atom is 0.228 e. The number of carbonyl (C=O) groups is 2. The highest BCUT2D eigenvalue weighted by atomic mass is 16.2. The van der Waals surface area contributed by atoms with Crippen LogP contribution in [0.15, 0.2) is 72.8 Å². The molecule has 2 aliphatic rings. The van der Waals surface area contributed by atoms with Gasteiger partial charge in [0.25, 0.3) is 0 Å². The van der Waals surface area contributed by atoms with E-state index in [-0.39, 0.29) is 35.5 Å². The summed E-state index contributed by atoms with van der Waals surface area (Å²) in [5, 5.41) is 5.93. The molecule has 1 saturated carbocycles. The van der Waals surface area contributed by atoms with E-state index < -0.39 is 0 Å². The van der Waals surface area contributed by atoms with Crippen LogP contribution < -0.4 is 10.6 Å². The number of para-hydroxylation sites is 2. The Balaban J connectivity index is 1.52. The summed E-state index contributed by atoms with van der Waals surface area (Å²) >= 11 is 0. The van der Waals surface area contributed by atoms with Crippen LogP contribution in [0.2, 0.25) is 0 Å². The molecule has 0 aromatic heterocycles. The van der Waals surface area contributed by atoms with Gasteiger partial charge in [0.15, 0.2) is 0 Å². The first kappa shape index (κ1) is 15.6. The van der Waals surface area contributed by atoms with Gasteiger partial charge in [0.2, 0.25) is 11.8 Å². The van der Waals surface area contributed by atoms with E-state index in [0.29, 0.717) is 0 Å². The molecule has 0 radical (unpaired) electrons. The Morgan fingerprint density at radius 1 is 0.680 bits per heavy atom. The average molecular weight is 332 g/mol. The Bertz CT molecular complexity index is 734. The first-order chi connectivity index (χ1) is 12.2. The molecule has 0 unspecified atom stereocenters. The van der Waals surface area contributed by atoms with Crippen molar-refractivity contribution < 1.29 is 9.59 Å². The average Bonchev–Trinajstić information content (AvgIpc) is 3.24. The Morgan fingerprint density at radius 3 is 1.48 bits per heavy atom. The third-order valence-electron chi connectivity index (χ3n) is 5.15. The number of allylic oxidation sites excluding steroid dienone is 2. The standard InChI is InChI=1S/C21H20N2O2/c24-20(22-16-7-3-1-4-8-16)18-14-11-12-15(13-14)19(18)21(25)23-17-9-5-2-6-10-17/h1-12,14-15,18-19H,13H2,(H,22,24)(H,23,25)/t14-,15-,18+,19+/m0/s1. The molecule has 126 valence electrons. The van der Waals surface area contributed by atoms with Gasteiger partial charge >= 0.3 is 0 Å². The van der Waals surface area contributed by atoms with Crippen molar-refractivity contribution in [2.45, 2.75) is 6.42 Å². The quantitative estimate of drug-likeness (QED) is 0.839. The second kappa shape index (κ2) is 6.55. The lowest BCUT2D eigenvalue weighted by molar-refractivity contribution is -0.129. The molecule has 4 atom stereocenters. The first-order valence-electron chi connectivity index (χ1n) is 8.62. The van der Waals surface area contributed by atoms with Crippen molar-refractivity contribution in [1.82, 2.24) is 0 Å². The van der Waals surface area contributed by atoms with Gasteiger partial charge in [0.1, 0.15) is 0 Å². The third kappa shape index (κ3) is 3.07. The molecular weight excluding hydrogens is 312 g/mol. The summed E-state index contributed by atoms with van der Waals surface area (Å²) < 4.78 is 0. The van der Waals surface area contributed by atoms with Gasteiger partial charge in [-0.3, -0.25) is 9.59 Å². The molecule has 2 bridgehead atoms. The van der Waals surface area contributed by atoms with Crippen LogP contribution in [0.25, 0.3) is 0 Å². The van der Waals surface area contributed by atoms with E-state index in [9.17, 15) is 9.59 Å². The predicted molar refractivity (Wildman–Crippen MR) is 97.9 cm³/mol. The smallest absolute Gasteiger partial charge is 0.228 e. The number of nitrogens with one attached hydrogen (secondary N) is 2. The van der Waals surface area contributed by atoms with Gasteiger partial charge < -0.3 is 10.6 Å². The molecule has 2 amide bonds. The van der Waals surface area contributed by atoms with Crippen molar-refractivity contribution in [2.75, 3.05) is 10.6 Å². The van der Waals surface area contributed by atoms with E-state index in [1.807, 2.05) is 60.7 Å². The number of fused-ring (bicyclic) bond motifs is 2. The monoisotopic (exact) mass is 332 g/mol. The molecule has 2 N–H and O–H groups in total. The van der Waals surface area contributed by atoms with E-state index in [2.05, 4.69) is 22.8 Å². The van der Waals surface area contributed by atoms with Crippen LogP contribution in [0.1, 0.15) is 6.42 Å².